The zero-order valence-corrected chi connectivity index (χ0v) is 10.1. The van der Waals surface area contributed by atoms with Crippen LogP contribution >= 0.6 is 0 Å². The molecule has 1 aromatic rings. The maximum absolute atomic E-state index is 12.3. The molecule has 1 fully saturated rings. The first-order chi connectivity index (χ1) is 8.80. The van der Waals surface area contributed by atoms with Gasteiger partial charge in [0.15, 0.2) is 11.5 Å². The van der Waals surface area contributed by atoms with Crippen LogP contribution in [0.15, 0.2) is 12.1 Å². The Morgan fingerprint density at radius 3 is 2.53 bits per heavy atom. The fourth-order valence-electron chi connectivity index (χ4n) is 2.22. The normalized spacial score (nSPS) is 23.7. The highest BCUT2D eigenvalue weighted by Crippen LogP contribution is 2.31. The molecule has 19 heavy (non-hydrogen) atoms. The van der Waals surface area contributed by atoms with Gasteiger partial charge in [-0.25, -0.2) is 0 Å². The molecule has 5 nitrogen and oxygen atoms in total. The summed E-state index contributed by atoms with van der Waals surface area (Å²) < 4.78 is 37.0. The topological polar surface area (TPSA) is 66.3 Å². The molecule has 0 spiro atoms. The number of hydrogen-bond donors (Lipinski definition) is 1. The third kappa shape index (κ3) is 2.61. The number of nitrogens with zero attached hydrogens (tertiary/aromatic N) is 3. The van der Waals surface area contributed by atoms with Gasteiger partial charge in [0, 0.05) is 12.6 Å². The van der Waals surface area contributed by atoms with E-state index in [1.807, 2.05) is 0 Å². The summed E-state index contributed by atoms with van der Waals surface area (Å²) in [4.78, 5) is 12.6. The van der Waals surface area contributed by atoms with Crippen LogP contribution in [0.1, 0.15) is 19.0 Å². The highest BCUT2D eigenvalue weighted by atomic mass is 19.4. The number of halogens is 3. The van der Waals surface area contributed by atoms with Crippen molar-refractivity contribution >= 4 is 11.8 Å². The van der Waals surface area contributed by atoms with Crippen LogP contribution in [0.25, 0.3) is 0 Å². The number of aliphatic carboxylic acids is 1. The second kappa shape index (κ2) is 4.67. The number of aromatic nitrogens is 2. The van der Waals surface area contributed by atoms with Gasteiger partial charge in [-0.2, -0.15) is 13.2 Å². The van der Waals surface area contributed by atoms with E-state index in [1.165, 1.54) is 6.07 Å². The van der Waals surface area contributed by atoms with Crippen molar-refractivity contribution in [2.45, 2.75) is 25.6 Å². The number of carboxylic acids is 1. The molecule has 0 saturated carbocycles. The van der Waals surface area contributed by atoms with E-state index in [9.17, 15) is 18.0 Å². The third-order valence-electron chi connectivity index (χ3n) is 3.31. The van der Waals surface area contributed by atoms with Crippen molar-refractivity contribution in [2.75, 3.05) is 11.4 Å². The Labute approximate surface area is 107 Å². The molecule has 0 radical (unpaired) electrons. The van der Waals surface area contributed by atoms with Gasteiger partial charge in [0.1, 0.15) is 0 Å². The van der Waals surface area contributed by atoms with E-state index in [1.54, 1.807) is 11.8 Å². The van der Waals surface area contributed by atoms with Crippen molar-refractivity contribution < 1.29 is 23.1 Å². The molecule has 1 aromatic heterocycles. The summed E-state index contributed by atoms with van der Waals surface area (Å²) in [6.45, 7) is 2.16. The monoisotopic (exact) mass is 275 g/mol. The van der Waals surface area contributed by atoms with Crippen molar-refractivity contribution in [3.8, 4) is 0 Å². The first-order valence-corrected chi connectivity index (χ1v) is 5.71. The Bertz CT molecular complexity index is 475. The zero-order chi connectivity index (χ0) is 14.2. The minimum Gasteiger partial charge on any atom is -0.481 e. The summed E-state index contributed by atoms with van der Waals surface area (Å²) in [6, 6.07) is 1.75. The number of carbonyl (C=O) groups is 1. The summed E-state index contributed by atoms with van der Waals surface area (Å²) in [7, 11) is 0. The summed E-state index contributed by atoms with van der Waals surface area (Å²) in [6.07, 6.45) is -4.08. The predicted octanol–water partition coefficient (Wildman–Crippen LogP) is 1.79. The number of carboxylic acid groups (broad SMARTS) is 1. The maximum atomic E-state index is 12.3. The second-order valence-electron chi connectivity index (χ2n) is 4.44. The van der Waals surface area contributed by atoms with Crippen molar-refractivity contribution in [1.29, 1.82) is 0 Å². The molecular weight excluding hydrogens is 263 g/mol. The van der Waals surface area contributed by atoms with Crippen LogP contribution in [-0.4, -0.2) is 33.9 Å². The SMILES string of the molecule is CC1C(C(=O)O)CCN1c1ccc(C(F)(F)F)nn1. The van der Waals surface area contributed by atoms with Crippen molar-refractivity contribution in [3.63, 3.8) is 0 Å². The van der Waals surface area contributed by atoms with Crippen LogP contribution in [-0.2, 0) is 11.0 Å². The lowest BCUT2D eigenvalue weighted by molar-refractivity contribution is -0.142. The molecular formula is C11H12F3N3O2. The molecule has 0 bridgehead atoms. The Kier molecular flexibility index (Phi) is 3.34. The van der Waals surface area contributed by atoms with E-state index in [0.717, 1.165) is 6.07 Å². The van der Waals surface area contributed by atoms with Gasteiger partial charge >= 0.3 is 12.1 Å². The molecule has 2 rings (SSSR count). The van der Waals surface area contributed by atoms with Crippen LogP contribution in [0, 0.1) is 5.92 Å². The quantitative estimate of drug-likeness (QED) is 0.891. The molecule has 1 saturated heterocycles. The Hall–Kier alpha value is -1.86. The molecule has 1 aliphatic rings. The molecule has 2 heterocycles. The van der Waals surface area contributed by atoms with Crippen LogP contribution in [0.3, 0.4) is 0 Å². The number of hydrogen-bond acceptors (Lipinski definition) is 4. The molecule has 0 aromatic carbocycles. The molecule has 104 valence electrons. The van der Waals surface area contributed by atoms with Crippen molar-refractivity contribution in [1.82, 2.24) is 10.2 Å². The van der Waals surface area contributed by atoms with Crippen LogP contribution in [0.2, 0.25) is 0 Å². The minimum atomic E-state index is -4.52. The first-order valence-electron chi connectivity index (χ1n) is 5.71. The van der Waals surface area contributed by atoms with E-state index in [4.69, 9.17) is 5.11 Å². The van der Waals surface area contributed by atoms with Gasteiger partial charge in [0.05, 0.1) is 5.92 Å². The zero-order valence-electron chi connectivity index (χ0n) is 10.1. The average molecular weight is 275 g/mol. The van der Waals surface area contributed by atoms with Gasteiger partial charge in [0.25, 0.3) is 0 Å². The largest absolute Gasteiger partial charge is 0.481 e. The molecule has 2 atom stereocenters. The summed E-state index contributed by atoms with van der Waals surface area (Å²) >= 11 is 0. The molecule has 1 aliphatic heterocycles. The van der Waals surface area contributed by atoms with E-state index in [0.29, 0.717) is 13.0 Å². The Morgan fingerprint density at radius 2 is 2.11 bits per heavy atom. The highest BCUT2D eigenvalue weighted by molar-refractivity contribution is 5.72. The van der Waals surface area contributed by atoms with Gasteiger partial charge in [-0.3, -0.25) is 4.79 Å². The maximum Gasteiger partial charge on any atom is 0.435 e. The molecule has 8 heteroatoms. The standard InChI is InChI=1S/C11H12F3N3O2/c1-6-7(10(18)19)4-5-17(6)9-3-2-8(15-16-9)11(12,13)14/h2-3,6-7H,4-5H2,1H3,(H,18,19). The van der Waals surface area contributed by atoms with E-state index in [-0.39, 0.29) is 11.9 Å². The van der Waals surface area contributed by atoms with Gasteiger partial charge in [-0.05, 0) is 25.5 Å². The smallest absolute Gasteiger partial charge is 0.435 e. The second-order valence-corrected chi connectivity index (χ2v) is 4.44. The van der Waals surface area contributed by atoms with Gasteiger partial charge in [0.2, 0.25) is 0 Å². The summed E-state index contributed by atoms with van der Waals surface area (Å²) in [5, 5.41) is 15.7. The average Bonchev–Trinajstić information content (AvgIpc) is 2.70. The summed E-state index contributed by atoms with van der Waals surface area (Å²) in [5.41, 5.74) is -1.06. The first kappa shape index (κ1) is 13.6. The number of rotatable bonds is 2. The Morgan fingerprint density at radius 1 is 1.42 bits per heavy atom. The number of anilines is 1. The molecule has 0 aliphatic carbocycles. The third-order valence-corrected chi connectivity index (χ3v) is 3.31. The summed E-state index contributed by atoms with van der Waals surface area (Å²) in [5.74, 6) is -1.18. The van der Waals surface area contributed by atoms with Crippen LogP contribution in [0.5, 0.6) is 0 Å². The lowest BCUT2D eigenvalue weighted by Crippen LogP contribution is -2.33. The molecule has 2 unspecified atom stereocenters. The fourth-order valence-corrected chi connectivity index (χ4v) is 2.22. The van der Waals surface area contributed by atoms with Crippen molar-refractivity contribution in [2.24, 2.45) is 5.92 Å². The van der Waals surface area contributed by atoms with Crippen LogP contribution in [0.4, 0.5) is 19.0 Å². The lowest BCUT2D eigenvalue weighted by Gasteiger charge is -2.23. The van der Waals surface area contributed by atoms with E-state index < -0.39 is 23.8 Å². The minimum absolute atomic E-state index is 0.268. The van der Waals surface area contributed by atoms with Crippen LogP contribution < -0.4 is 4.90 Å². The predicted molar refractivity (Wildman–Crippen MR) is 59.6 cm³/mol. The van der Waals surface area contributed by atoms with Gasteiger partial charge < -0.3 is 10.0 Å². The number of alkyl halides is 3. The van der Waals surface area contributed by atoms with Gasteiger partial charge in [-0.15, -0.1) is 10.2 Å². The fraction of sp³-hybridized carbons (Fsp3) is 0.545. The molecule has 0 amide bonds. The van der Waals surface area contributed by atoms with Crippen molar-refractivity contribution in [3.05, 3.63) is 17.8 Å². The van der Waals surface area contributed by atoms with E-state index in [2.05, 4.69) is 10.2 Å². The van der Waals surface area contributed by atoms with Gasteiger partial charge in [-0.1, -0.05) is 0 Å². The lowest BCUT2D eigenvalue weighted by atomic mass is 10.0. The highest BCUT2D eigenvalue weighted by Gasteiger charge is 2.37. The molecule has 1 N–H and O–H groups in total. The Balaban J connectivity index is 2.18. The van der Waals surface area contributed by atoms with E-state index >= 15 is 0 Å².